The lowest BCUT2D eigenvalue weighted by Crippen LogP contribution is -2.12. The highest BCUT2D eigenvalue weighted by atomic mass is 19.1. The van der Waals surface area contributed by atoms with Crippen molar-refractivity contribution in [1.82, 2.24) is 0 Å². The van der Waals surface area contributed by atoms with Crippen molar-refractivity contribution >= 4 is 0 Å². The van der Waals surface area contributed by atoms with E-state index in [0.717, 1.165) is 6.07 Å². The van der Waals surface area contributed by atoms with Gasteiger partial charge >= 0.3 is 0 Å². The summed E-state index contributed by atoms with van der Waals surface area (Å²) in [6, 6.07) is 2.27. The predicted octanol–water partition coefficient (Wildman–Crippen LogP) is 1.31. The lowest BCUT2D eigenvalue weighted by molar-refractivity contribution is 0.284. The molecule has 3 nitrogen and oxygen atoms in total. The molecule has 1 aromatic carbocycles. The highest BCUT2D eigenvalue weighted by Crippen LogP contribution is 2.29. The van der Waals surface area contributed by atoms with Crippen molar-refractivity contribution in [1.29, 1.82) is 0 Å². The van der Waals surface area contributed by atoms with E-state index in [4.69, 9.17) is 10.5 Å². The second-order valence-corrected chi connectivity index (χ2v) is 2.53. The lowest BCUT2D eigenvalue weighted by atomic mass is 10.3. The molecule has 0 fully saturated rings. The van der Waals surface area contributed by atoms with Crippen LogP contribution in [0.25, 0.3) is 0 Å². The van der Waals surface area contributed by atoms with Gasteiger partial charge in [0.2, 0.25) is 5.82 Å². The molecular weight excluding hydrogens is 192 g/mol. The topological polar surface area (TPSA) is 44.5 Å². The van der Waals surface area contributed by atoms with Crippen LogP contribution in [0.1, 0.15) is 0 Å². The minimum Gasteiger partial charge on any atom is -0.494 e. The van der Waals surface area contributed by atoms with E-state index in [1.54, 1.807) is 0 Å². The fourth-order valence-corrected chi connectivity index (χ4v) is 0.965. The third-order valence-corrected chi connectivity index (χ3v) is 1.60. The van der Waals surface area contributed by atoms with Crippen LogP contribution in [0.2, 0.25) is 0 Å². The van der Waals surface area contributed by atoms with E-state index in [9.17, 15) is 8.78 Å². The zero-order valence-electron chi connectivity index (χ0n) is 7.72. The fourth-order valence-electron chi connectivity index (χ4n) is 0.965. The van der Waals surface area contributed by atoms with Gasteiger partial charge in [0.25, 0.3) is 0 Å². The Morgan fingerprint density at radius 1 is 1.36 bits per heavy atom. The quantitative estimate of drug-likeness (QED) is 0.802. The van der Waals surface area contributed by atoms with Crippen molar-refractivity contribution in [3.63, 3.8) is 0 Å². The molecule has 0 aliphatic carbocycles. The van der Waals surface area contributed by atoms with Crippen LogP contribution in [0.4, 0.5) is 8.78 Å². The summed E-state index contributed by atoms with van der Waals surface area (Å²) in [6.45, 7) is 0.247. The Morgan fingerprint density at radius 3 is 2.64 bits per heavy atom. The molecule has 0 bridgehead atoms. The number of ether oxygens (including phenoxy) is 2. The van der Waals surface area contributed by atoms with Gasteiger partial charge in [-0.25, -0.2) is 4.39 Å². The maximum atomic E-state index is 13.3. The molecule has 0 amide bonds. The Balaban J connectivity index is 2.99. The van der Waals surface area contributed by atoms with Crippen molar-refractivity contribution < 1.29 is 18.3 Å². The van der Waals surface area contributed by atoms with Gasteiger partial charge in [-0.05, 0) is 12.1 Å². The molecule has 1 aromatic rings. The van der Waals surface area contributed by atoms with Crippen LogP contribution in [-0.2, 0) is 0 Å². The molecule has 0 spiro atoms. The van der Waals surface area contributed by atoms with Gasteiger partial charge < -0.3 is 15.2 Å². The van der Waals surface area contributed by atoms with Crippen molar-refractivity contribution in [2.45, 2.75) is 0 Å². The number of benzene rings is 1. The van der Waals surface area contributed by atoms with Gasteiger partial charge in [0.15, 0.2) is 17.3 Å². The van der Waals surface area contributed by atoms with Gasteiger partial charge in [-0.1, -0.05) is 0 Å². The molecule has 0 saturated heterocycles. The van der Waals surface area contributed by atoms with Crippen molar-refractivity contribution in [2.75, 3.05) is 20.3 Å². The highest BCUT2D eigenvalue weighted by molar-refractivity contribution is 5.36. The molecule has 0 radical (unpaired) electrons. The largest absolute Gasteiger partial charge is 0.494 e. The molecule has 0 aliphatic heterocycles. The Labute approximate surface area is 80.4 Å². The maximum absolute atomic E-state index is 13.3. The van der Waals surface area contributed by atoms with Gasteiger partial charge in [0.05, 0.1) is 7.11 Å². The average Bonchev–Trinajstić information content (AvgIpc) is 2.18. The summed E-state index contributed by atoms with van der Waals surface area (Å²) >= 11 is 0. The molecule has 0 aromatic heterocycles. The zero-order valence-corrected chi connectivity index (χ0v) is 7.72. The first-order chi connectivity index (χ1) is 6.70. The number of nitrogens with two attached hydrogens (primary N) is 1. The van der Waals surface area contributed by atoms with Gasteiger partial charge in [-0.3, -0.25) is 0 Å². The molecule has 1 rings (SSSR count). The normalized spacial score (nSPS) is 10.0. The third-order valence-electron chi connectivity index (χ3n) is 1.60. The van der Waals surface area contributed by atoms with Crippen molar-refractivity contribution in [3.05, 3.63) is 23.8 Å². The summed E-state index contributed by atoms with van der Waals surface area (Å²) in [4.78, 5) is 0. The van der Waals surface area contributed by atoms with E-state index in [2.05, 4.69) is 4.74 Å². The molecule has 5 heteroatoms. The SMILES string of the molecule is COc1ccc(F)c(OCCN)c1F. The first-order valence-corrected chi connectivity index (χ1v) is 4.05. The van der Waals surface area contributed by atoms with Crippen LogP contribution in [-0.4, -0.2) is 20.3 Å². The number of rotatable bonds is 4. The highest BCUT2D eigenvalue weighted by Gasteiger charge is 2.15. The Hall–Kier alpha value is -1.36. The van der Waals surface area contributed by atoms with Crippen LogP contribution in [0.15, 0.2) is 12.1 Å². The first-order valence-electron chi connectivity index (χ1n) is 4.05. The standard InChI is InChI=1S/C9H11F2NO2/c1-13-7-3-2-6(10)9(8(7)11)14-5-4-12/h2-3H,4-5,12H2,1H3. The van der Waals surface area contributed by atoms with E-state index in [1.165, 1.54) is 13.2 Å². The average molecular weight is 203 g/mol. The zero-order chi connectivity index (χ0) is 10.6. The molecule has 0 aliphatic rings. The number of hydrogen-bond donors (Lipinski definition) is 1. The minimum absolute atomic E-state index is 0.0566. The molecule has 0 heterocycles. The number of methoxy groups -OCH3 is 1. The third kappa shape index (κ3) is 2.11. The van der Waals surface area contributed by atoms with Crippen LogP contribution in [0, 0.1) is 11.6 Å². The second-order valence-electron chi connectivity index (χ2n) is 2.53. The molecule has 0 unspecified atom stereocenters. The van der Waals surface area contributed by atoms with Gasteiger partial charge in [0, 0.05) is 6.54 Å². The van der Waals surface area contributed by atoms with E-state index < -0.39 is 17.4 Å². The van der Waals surface area contributed by atoms with E-state index in [-0.39, 0.29) is 18.9 Å². The Bertz CT molecular complexity index is 318. The van der Waals surface area contributed by atoms with Crippen molar-refractivity contribution in [2.24, 2.45) is 5.73 Å². The summed E-state index contributed by atoms with van der Waals surface area (Å²) in [5.41, 5.74) is 5.15. The summed E-state index contributed by atoms with van der Waals surface area (Å²) in [5, 5.41) is 0. The Morgan fingerprint density at radius 2 is 2.07 bits per heavy atom. The van der Waals surface area contributed by atoms with Gasteiger partial charge in [-0.2, -0.15) is 4.39 Å². The Kier molecular flexibility index (Phi) is 3.64. The smallest absolute Gasteiger partial charge is 0.209 e. The summed E-state index contributed by atoms with van der Waals surface area (Å²) in [6.07, 6.45) is 0. The molecule has 78 valence electrons. The van der Waals surface area contributed by atoms with Gasteiger partial charge in [0.1, 0.15) is 6.61 Å². The van der Waals surface area contributed by atoms with Crippen LogP contribution in [0.5, 0.6) is 11.5 Å². The molecule has 0 atom stereocenters. The summed E-state index contributed by atoms with van der Waals surface area (Å²) < 4.78 is 35.8. The minimum atomic E-state index is -0.846. The van der Waals surface area contributed by atoms with Crippen molar-refractivity contribution in [3.8, 4) is 11.5 Å². The van der Waals surface area contributed by atoms with E-state index in [1.807, 2.05) is 0 Å². The monoisotopic (exact) mass is 203 g/mol. The maximum Gasteiger partial charge on any atom is 0.209 e. The molecular formula is C9H11F2NO2. The van der Waals surface area contributed by atoms with Crippen LogP contribution < -0.4 is 15.2 Å². The summed E-state index contributed by atoms with van der Waals surface area (Å²) in [5.74, 6) is -2.12. The van der Waals surface area contributed by atoms with Crippen LogP contribution in [0.3, 0.4) is 0 Å². The van der Waals surface area contributed by atoms with Crippen LogP contribution >= 0.6 is 0 Å². The van der Waals surface area contributed by atoms with Gasteiger partial charge in [-0.15, -0.1) is 0 Å². The fraction of sp³-hybridized carbons (Fsp3) is 0.333. The second kappa shape index (κ2) is 4.76. The van der Waals surface area contributed by atoms with E-state index in [0.29, 0.717) is 0 Å². The first kappa shape index (κ1) is 10.7. The number of halogens is 2. The predicted molar refractivity (Wildman–Crippen MR) is 47.5 cm³/mol. The lowest BCUT2D eigenvalue weighted by Gasteiger charge is -2.09. The molecule has 0 saturated carbocycles. The molecule has 2 N–H and O–H groups in total. The molecule has 14 heavy (non-hydrogen) atoms. The summed E-state index contributed by atoms with van der Waals surface area (Å²) in [7, 11) is 1.29. The number of hydrogen-bond acceptors (Lipinski definition) is 3. The van der Waals surface area contributed by atoms with E-state index >= 15 is 0 Å².